The molecule has 1 aliphatic heterocycles. The highest BCUT2D eigenvalue weighted by atomic mass is 19.4. The molecule has 1 aliphatic rings. The summed E-state index contributed by atoms with van der Waals surface area (Å²) in [5.74, 6) is -2.19. The molecule has 0 amide bonds. The lowest BCUT2D eigenvalue weighted by Crippen LogP contribution is -2.33. The summed E-state index contributed by atoms with van der Waals surface area (Å²) in [6.45, 7) is 4.94. The van der Waals surface area contributed by atoms with Gasteiger partial charge in [-0.1, -0.05) is 13.8 Å². The van der Waals surface area contributed by atoms with Crippen molar-refractivity contribution in [3.05, 3.63) is 0 Å². The molecule has 0 aromatic carbocycles. The number of hydrogen-bond donors (Lipinski definition) is 2. The molecule has 0 aromatic rings. The fourth-order valence-electron chi connectivity index (χ4n) is 1.33. The summed E-state index contributed by atoms with van der Waals surface area (Å²) in [4.78, 5) is 20.2. The van der Waals surface area contributed by atoms with Gasteiger partial charge in [-0.15, -0.1) is 0 Å². The minimum Gasteiger partial charge on any atom is -0.475 e. The predicted molar refractivity (Wildman–Crippen MR) is 54.6 cm³/mol. The molecule has 0 bridgehead atoms. The van der Waals surface area contributed by atoms with E-state index in [0.717, 1.165) is 19.4 Å². The van der Waals surface area contributed by atoms with Crippen molar-refractivity contribution in [2.75, 3.05) is 6.54 Å². The predicted octanol–water partition coefficient (Wildman–Crippen LogP) is 1.60. The topological polar surface area (TPSA) is 66.4 Å². The number of carboxylic acid groups (broad SMARTS) is 1. The first kappa shape index (κ1) is 15.9. The first-order chi connectivity index (χ1) is 7.66. The lowest BCUT2D eigenvalue weighted by molar-refractivity contribution is -0.192. The normalized spacial score (nSPS) is 19.8. The molecule has 1 heterocycles. The molecular weight excluding hydrogens is 239 g/mol. The van der Waals surface area contributed by atoms with Crippen LogP contribution >= 0.6 is 0 Å². The SMILES string of the molecule is CC(C)C(=O)C1CCCN1.O=C(O)C(F)(F)F. The van der Waals surface area contributed by atoms with E-state index in [4.69, 9.17) is 9.90 Å². The molecule has 1 saturated heterocycles. The van der Waals surface area contributed by atoms with Gasteiger partial charge in [0.1, 0.15) is 0 Å². The highest BCUT2D eigenvalue weighted by Gasteiger charge is 2.38. The third-order valence-corrected chi connectivity index (χ3v) is 2.22. The zero-order chi connectivity index (χ0) is 13.6. The van der Waals surface area contributed by atoms with Gasteiger partial charge in [0.25, 0.3) is 0 Å². The number of rotatable bonds is 2. The van der Waals surface area contributed by atoms with Gasteiger partial charge in [0.15, 0.2) is 5.78 Å². The van der Waals surface area contributed by atoms with Crippen LogP contribution in [0.5, 0.6) is 0 Å². The van der Waals surface area contributed by atoms with Crippen molar-refractivity contribution in [1.82, 2.24) is 5.32 Å². The van der Waals surface area contributed by atoms with E-state index >= 15 is 0 Å². The van der Waals surface area contributed by atoms with Crippen LogP contribution < -0.4 is 5.32 Å². The van der Waals surface area contributed by atoms with Crippen molar-refractivity contribution < 1.29 is 27.9 Å². The largest absolute Gasteiger partial charge is 0.490 e. The number of alkyl halides is 3. The first-order valence-corrected chi connectivity index (χ1v) is 5.23. The second-order valence-electron chi connectivity index (χ2n) is 4.01. The van der Waals surface area contributed by atoms with Crippen LogP contribution in [0.1, 0.15) is 26.7 Å². The van der Waals surface area contributed by atoms with E-state index in [0.29, 0.717) is 5.78 Å². The maximum atomic E-state index is 11.3. The summed E-state index contributed by atoms with van der Waals surface area (Å²) in [6, 6.07) is 0.167. The van der Waals surface area contributed by atoms with Crippen molar-refractivity contribution in [3.8, 4) is 0 Å². The van der Waals surface area contributed by atoms with E-state index in [-0.39, 0.29) is 12.0 Å². The molecule has 7 heteroatoms. The number of Topliss-reactive ketones (excluding diaryl/α,β-unsaturated/α-hetero) is 1. The number of aliphatic carboxylic acids is 1. The lowest BCUT2D eigenvalue weighted by atomic mass is 10.0. The second-order valence-corrected chi connectivity index (χ2v) is 4.01. The van der Waals surface area contributed by atoms with Crippen LogP contribution in [0.15, 0.2) is 0 Å². The number of carbonyl (C=O) groups is 2. The molecule has 0 aliphatic carbocycles. The van der Waals surface area contributed by atoms with Crippen LogP contribution in [0.3, 0.4) is 0 Å². The van der Waals surface area contributed by atoms with Crippen LogP contribution in [-0.2, 0) is 9.59 Å². The van der Waals surface area contributed by atoms with E-state index in [9.17, 15) is 18.0 Å². The van der Waals surface area contributed by atoms with Gasteiger partial charge >= 0.3 is 12.1 Å². The Morgan fingerprint density at radius 3 is 2.06 bits per heavy atom. The summed E-state index contributed by atoms with van der Waals surface area (Å²) >= 11 is 0. The molecular formula is C10H16F3NO3. The Morgan fingerprint density at radius 1 is 1.35 bits per heavy atom. The van der Waals surface area contributed by atoms with Gasteiger partial charge in [0.2, 0.25) is 0 Å². The molecule has 1 fully saturated rings. The number of ketones is 1. The van der Waals surface area contributed by atoms with Gasteiger partial charge in [-0.05, 0) is 19.4 Å². The lowest BCUT2D eigenvalue weighted by Gasteiger charge is -2.10. The monoisotopic (exact) mass is 255 g/mol. The minimum atomic E-state index is -5.08. The Morgan fingerprint density at radius 2 is 1.82 bits per heavy atom. The van der Waals surface area contributed by atoms with Gasteiger partial charge in [0.05, 0.1) is 6.04 Å². The fraction of sp³-hybridized carbons (Fsp3) is 0.800. The average Bonchev–Trinajstić information content (AvgIpc) is 2.68. The van der Waals surface area contributed by atoms with E-state index < -0.39 is 12.1 Å². The standard InChI is InChI=1S/C8H15NO.C2HF3O2/c1-6(2)8(10)7-4-3-5-9-7;3-2(4,5)1(6)7/h6-7,9H,3-5H2,1-2H3;(H,6,7). The number of nitrogens with one attached hydrogen (secondary N) is 1. The first-order valence-electron chi connectivity index (χ1n) is 5.23. The highest BCUT2D eigenvalue weighted by molar-refractivity contribution is 5.85. The van der Waals surface area contributed by atoms with E-state index in [2.05, 4.69) is 5.32 Å². The Labute approximate surface area is 97.2 Å². The Balaban J connectivity index is 0.000000325. The summed E-state index contributed by atoms with van der Waals surface area (Å²) in [7, 11) is 0. The molecule has 0 spiro atoms. The summed E-state index contributed by atoms with van der Waals surface area (Å²) in [6.07, 6.45) is -2.89. The summed E-state index contributed by atoms with van der Waals surface area (Å²) in [5, 5.41) is 10.3. The smallest absolute Gasteiger partial charge is 0.475 e. The van der Waals surface area contributed by atoms with E-state index in [1.165, 1.54) is 0 Å². The highest BCUT2D eigenvalue weighted by Crippen LogP contribution is 2.13. The Hall–Kier alpha value is -1.11. The average molecular weight is 255 g/mol. The maximum Gasteiger partial charge on any atom is 0.490 e. The third kappa shape index (κ3) is 6.25. The number of hydrogen-bond acceptors (Lipinski definition) is 3. The number of carboxylic acids is 1. The Kier molecular flexibility index (Phi) is 6.15. The molecule has 4 nitrogen and oxygen atoms in total. The quantitative estimate of drug-likeness (QED) is 0.786. The fourth-order valence-corrected chi connectivity index (χ4v) is 1.33. The van der Waals surface area contributed by atoms with Crippen LogP contribution in [0.25, 0.3) is 0 Å². The van der Waals surface area contributed by atoms with Gasteiger partial charge in [-0.3, -0.25) is 4.79 Å². The number of halogens is 3. The molecule has 1 rings (SSSR count). The molecule has 2 N–H and O–H groups in total. The van der Waals surface area contributed by atoms with Gasteiger partial charge in [0, 0.05) is 5.92 Å². The maximum absolute atomic E-state index is 11.3. The molecule has 100 valence electrons. The third-order valence-electron chi connectivity index (χ3n) is 2.22. The molecule has 0 saturated carbocycles. The zero-order valence-electron chi connectivity index (χ0n) is 9.67. The second kappa shape index (κ2) is 6.58. The van der Waals surface area contributed by atoms with Crippen molar-refractivity contribution in [2.24, 2.45) is 5.92 Å². The van der Waals surface area contributed by atoms with Crippen molar-refractivity contribution >= 4 is 11.8 Å². The van der Waals surface area contributed by atoms with Gasteiger partial charge in [-0.25, -0.2) is 4.79 Å². The number of carbonyl (C=O) groups excluding carboxylic acids is 1. The Bertz CT molecular complexity index is 270. The van der Waals surface area contributed by atoms with E-state index in [1.54, 1.807) is 0 Å². The van der Waals surface area contributed by atoms with Crippen molar-refractivity contribution in [3.63, 3.8) is 0 Å². The molecule has 1 atom stereocenters. The zero-order valence-corrected chi connectivity index (χ0v) is 9.67. The molecule has 0 aromatic heterocycles. The van der Waals surface area contributed by atoms with Crippen LogP contribution in [0.2, 0.25) is 0 Å². The van der Waals surface area contributed by atoms with Crippen molar-refractivity contribution in [1.29, 1.82) is 0 Å². The minimum absolute atomic E-state index is 0.167. The summed E-state index contributed by atoms with van der Waals surface area (Å²) < 4.78 is 31.7. The van der Waals surface area contributed by atoms with Gasteiger partial charge in [-0.2, -0.15) is 13.2 Å². The molecule has 1 unspecified atom stereocenters. The summed E-state index contributed by atoms with van der Waals surface area (Å²) in [5.41, 5.74) is 0. The molecule has 0 radical (unpaired) electrons. The van der Waals surface area contributed by atoms with Crippen LogP contribution in [-0.4, -0.2) is 35.6 Å². The van der Waals surface area contributed by atoms with Gasteiger partial charge < -0.3 is 10.4 Å². The van der Waals surface area contributed by atoms with Crippen LogP contribution in [0, 0.1) is 5.92 Å². The van der Waals surface area contributed by atoms with Crippen LogP contribution in [0.4, 0.5) is 13.2 Å². The van der Waals surface area contributed by atoms with Crippen molar-refractivity contribution in [2.45, 2.75) is 38.9 Å². The molecule has 17 heavy (non-hydrogen) atoms. The van der Waals surface area contributed by atoms with E-state index in [1.807, 2.05) is 13.8 Å².